The SMILES string of the molecule is O=C1CCCCN1Cc1nc(C2CCOC2)nn1-c1ccc(F)c(Cl)c1. The first-order valence-corrected chi connectivity index (χ1v) is 9.26. The van der Waals surface area contributed by atoms with Crippen LogP contribution in [0.1, 0.15) is 43.3 Å². The highest BCUT2D eigenvalue weighted by Crippen LogP contribution is 2.26. The van der Waals surface area contributed by atoms with Gasteiger partial charge in [0.15, 0.2) is 11.6 Å². The molecular formula is C18H20ClFN4O2. The van der Waals surface area contributed by atoms with Gasteiger partial charge in [-0.1, -0.05) is 11.6 Å². The van der Waals surface area contributed by atoms with Gasteiger partial charge in [0.2, 0.25) is 5.91 Å². The fourth-order valence-electron chi connectivity index (χ4n) is 3.40. The summed E-state index contributed by atoms with van der Waals surface area (Å²) in [5.74, 6) is 1.15. The van der Waals surface area contributed by atoms with Gasteiger partial charge >= 0.3 is 0 Å². The van der Waals surface area contributed by atoms with Crippen molar-refractivity contribution in [1.29, 1.82) is 0 Å². The number of halogens is 2. The first-order chi connectivity index (χ1) is 12.6. The summed E-state index contributed by atoms with van der Waals surface area (Å²) in [4.78, 5) is 18.7. The Hall–Kier alpha value is -1.99. The van der Waals surface area contributed by atoms with E-state index in [0.717, 1.165) is 25.8 Å². The van der Waals surface area contributed by atoms with E-state index in [1.165, 1.54) is 12.1 Å². The summed E-state index contributed by atoms with van der Waals surface area (Å²) in [6.07, 6.45) is 3.36. The van der Waals surface area contributed by atoms with E-state index < -0.39 is 5.82 Å². The number of hydrogen-bond donors (Lipinski definition) is 0. The summed E-state index contributed by atoms with van der Waals surface area (Å²) in [7, 11) is 0. The van der Waals surface area contributed by atoms with Gasteiger partial charge in [-0.05, 0) is 37.5 Å². The number of benzene rings is 1. The number of carbonyl (C=O) groups excluding carboxylic acids is 1. The van der Waals surface area contributed by atoms with E-state index in [0.29, 0.717) is 43.5 Å². The molecule has 1 aromatic heterocycles. The molecule has 26 heavy (non-hydrogen) atoms. The van der Waals surface area contributed by atoms with Gasteiger partial charge < -0.3 is 9.64 Å². The maximum Gasteiger partial charge on any atom is 0.222 e. The second-order valence-corrected chi connectivity index (χ2v) is 7.14. The van der Waals surface area contributed by atoms with Crippen LogP contribution >= 0.6 is 11.6 Å². The van der Waals surface area contributed by atoms with Crippen molar-refractivity contribution in [3.63, 3.8) is 0 Å². The van der Waals surface area contributed by atoms with Crippen molar-refractivity contribution < 1.29 is 13.9 Å². The molecule has 0 aliphatic carbocycles. The van der Waals surface area contributed by atoms with Crippen LogP contribution in [0.5, 0.6) is 0 Å². The maximum atomic E-state index is 13.5. The third-order valence-electron chi connectivity index (χ3n) is 4.89. The molecule has 2 fully saturated rings. The number of ether oxygens (including phenoxy) is 1. The van der Waals surface area contributed by atoms with Crippen molar-refractivity contribution in [2.24, 2.45) is 0 Å². The van der Waals surface area contributed by atoms with Gasteiger partial charge in [-0.15, -0.1) is 0 Å². The Morgan fingerprint density at radius 3 is 2.96 bits per heavy atom. The van der Waals surface area contributed by atoms with E-state index in [4.69, 9.17) is 21.3 Å². The Morgan fingerprint density at radius 2 is 2.23 bits per heavy atom. The highest BCUT2D eigenvalue weighted by molar-refractivity contribution is 6.30. The second kappa shape index (κ2) is 7.32. The monoisotopic (exact) mass is 378 g/mol. The number of nitrogens with zero attached hydrogens (tertiary/aromatic N) is 4. The lowest BCUT2D eigenvalue weighted by Crippen LogP contribution is -2.35. The maximum absolute atomic E-state index is 13.5. The van der Waals surface area contributed by atoms with Crippen LogP contribution in [0.3, 0.4) is 0 Å². The third-order valence-corrected chi connectivity index (χ3v) is 5.18. The van der Waals surface area contributed by atoms with Crippen molar-refractivity contribution >= 4 is 17.5 Å². The fraction of sp³-hybridized carbons (Fsp3) is 0.500. The molecule has 1 aromatic carbocycles. The quantitative estimate of drug-likeness (QED) is 0.820. The highest BCUT2D eigenvalue weighted by atomic mass is 35.5. The zero-order chi connectivity index (χ0) is 18.1. The Balaban J connectivity index is 1.69. The van der Waals surface area contributed by atoms with Gasteiger partial charge in [0.05, 0.1) is 23.9 Å². The van der Waals surface area contributed by atoms with Gasteiger partial charge in [-0.2, -0.15) is 5.10 Å². The molecule has 2 aliphatic heterocycles. The summed E-state index contributed by atoms with van der Waals surface area (Å²) in [6.45, 7) is 2.39. The Labute approximate surface area is 155 Å². The van der Waals surface area contributed by atoms with Gasteiger partial charge in [0.25, 0.3) is 0 Å². The van der Waals surface area contributed by atoms with Crippen LogP contribution in [0, 0.1) is 5.82 Å². The number of likely N-dealkylation sites (tertiary alicyclic amines) is 1. The van der Waals surface area contributed by atoms with E-state index in [-0.39, 0.29) is 16.8 Å². The Bertz CT molecular complexity index is 820. The second-order valence-electron chi connectivity index (χ2n) is 6.73. The topological polar surface area (TPSA) is 60.3 Å². The van der Waals surface area contributed by atoms with Crippen LogP contribution in [0.15, 0.2) is 18.2 Å². The number of aromatic nitrogens is 3. The lowest BCUT2D eigenvalue weighted by atomic mass is 10.1. The van der Waals surface area contributed by atoms with Gasteiger partial charge in [-0.25, -0.2) is 14.1 Å². The average Bonchev–Trinajstić information content (AvgIpc) is 3.29. The van der Waals surface area contributed by atoms with Crippen LogP contribution in [-0.4, -0.2) is 45.3 Å². The molecule has 2 saturated heterocycles. The smallest absolute Gasteiger partial charge is 0.222 e. The van der Waals surface area contributed by atoms with Crippen LogP contribution in [0.2, 0.25) is 5.02 Å². The molecule has 4 rings (SSSR count). The van der Waals surface area contributed by atoms with Crippen molar-refractivity contribution in [3.05, 3.63) is 40.7 Å². The van der Waals surface area contributed by atoms with Crippen molar-refractivity contribution in [2.75, 3.05) is 19.8 Å². The molecular weight excluding hydrogens is 359 g/mol. The minimum Gasteiger partial charge on any atom is -0.381 e. The number of carbonyl (C=O) groups is 1. The number of amides is 1. The minimum absolute atomic E-state index is 0.0312. The molecule has 0 N–H and O–H groups in total. The molecule has 1 unspecified atom stereocenters. The molecule has 1 amide bonds. The predicted molar refractivity (Wildman–Crippen MR) is 93.8 cm³/mol. The molecule has 6 nitrogen and oxygen atoms in total. The summed E-state index contributed by atoms with van der Waals surface area (Å²) in [5.41, 5.74) is 0.633. The Morgan fingerprint density at radius 1 is 1.35 bits per heavy atom. The molecule has 3 heterocycles. The van der Waals surface area contributed by atoms with Crippen LogP contribution in [-0.2, 0) is 16.1 Å². The lowest BCUT2D eigenvalue weighted by molar-refractivity contribution is -0.134. The number of hydrogen-bond acceptors (Lipinski definition) is 4. The molecule has 138 valence electrons. The van der Waals surface area contributed by atoms with E-state index in [9.17, 15) is 9.18 Å². The third kappa shape index (κ3) is 3.46. The molecule has 0 spiro atoms. The summed E-state index contributed by atoms with van der Waals surface area (Å²) in [5, 5.41) is 4.66. The average molecular weight is 379 g/mol. The zero-order valence-electron chi connectivity index (χ0n) is 14.3. The fourth-order valence-corrected chi connectivity index (χ4v) is 3.57. The Kier molecular flexibility index (Phi) is 4.91. The molecule has 0 radical (unpaired) electrons. The van der Waals surface area contributed by atoms with Gasteiger partial charge in [0, 0.05) is 25.5 Å². The largest absolute Gasteiger partial charge is 0.381 e. The summed E-state index contributed by atoms with van der Waals surface area (Å²) < 4.78 is 20.7. The number of rotatable bonds is 4. The number of piperidine rings is 1. The molecule has 1 atom stereocenters. The first-order valence-electron chi connectivity index (χ1n) is 8.88. The molecule has 0 bridgehead atoms. The van der Waals surface area contributed by atoms with Crippen LogP contribution in [0.4, 0.5) is 4.39 Å². The first kappa shape index (κ1) is 17.4. The zero-order valence-corrected chi connectivity index (χ0v) is 15.1. The van der Waals surface area contributed by atoms with Crippen LogP contribution in [0.25, 0.3) is 5.69 Å². The van der Waals surface area contributed by atoms with E-state index in [1.807, 2.05) is 4.90 Å². The van der Waals surface area contributed by atoms with E-state index in [2.05, 4.69) is 5.10 Å². The summed E-state index contributed by atoms with van der Waals surface area (Å²) >= 11 is 5.94. The minimum atomic E-state index is -0.479. The van der Waals surface area contributed by atoms with Gasteiger partial charge in [0.1, 0.15) is 5.82 Å². The van der Waals surface area contributed by atoms with Crippen molar-refractivity contribution in [1.82, 2.24) is 19.7 Å². The molecule has 8 heteroatoms. The van der Waals surface area contributed by atoms with E-state index >= 15 is 0 Å². The van der Waals surface area contributed by atoms with Crippen molar-refractivity contribution in [2.45, 2.75) is 38.1 Å². The van der Waals surface area contributed by atoms with E-state index in [1.54, 1.807) is 10.7 Å². The molecule has 2 aromatic rings. The lowest BCUT2D eigenvalue weighted by Gasteiger charge is -2.26. The van der Waals surface area contributed by atoms with Crippen LogP contribution < -0.4 is 0 Å². The van der Waals surface area contributed by atoms with Crippen molar-refractivity contribution in [3.8, 4) is 5.69 Å². The predicted octanol–water partition coefficient (Wildman–Crippen LogP) is 3.08. The molecule has 0 saturated carbocycles. The summed E-state index contributed by atoms with van der Waals surface area (Å²) in [6, 6.07) is 4.46. The molecule has 2 aliphatic rings. The standard InChI is InChI=1S/C18H20ClFN4O2/c19-14-9-13(4-5-15(14)20)24-16(10-23-7-2-1-3-17(23)25)21-18(22-24)12-6-8-26-11-12/h4-5,9,12H,1-3,6-8,10-11H2. The highest BCUT2D eigenvalue weighted by Gasteiger charge is 2.26. The normalized spacial score (nSPS) is 20.8. The van der Waals surface area contributed by atoms with Gasteiger partial charge in [-0.3, -0.25) is 4.79 Å².